The highest BCUT2D eigenvalue weighted by molar-refractivity contribution is 5.80. The third-order valence-corrected chi connectivity index (χ3v) is 13.0. The predicted octanol–water partition coefficient (Wildman–Crippen LogP) is 11.8. The molecule has 1 heterocycles. The number of aliphatic hydroxyl groups excluding tert-OH is 6. The van der Waals surface area contributed by atoms with Gasteiger partial charge in [0.25, 0.3) is 0 Å². The maximum atomic E-state index is 13.1. The summed E-state index contributed by atoms with van der Waals surface area (Å²) in [6.07, 6.45) is 46.7. The van der Waals surface area contributed by atoms with Gasteiger partial charge >= 0.3 is 0 Å². The molecule has 1 saturated heterocycles. The van der Waals surface area contributed by atoms with Crippen LogP contribution >= 0.6 is 0 Å². The van der Waals surface area contributed by atoms with Crippen LogP contribution in [0.15, 0.2) is 36.5 Å². The largest absolute Gasteiger partial charge is 0.394 e. The molecule has 0 spiro atoms. The molecule has 1 fully saturated rings. The van der Waals surface area contributed by atoms with E-state index in [0.29, 0.717) is 19.3 Å². The molecule has 8 atom stereocenters. The fourth-order valence-electron chi connectivity index (χ4n) is 8.59. The van der Waals surface area contributed by atoms with E-state index in [1.54, 1.807) is 6.08 Å². The summed E-state index contributed by atoms with van der Waals surface area (Å²) in [5, 5.41) is 64.9. The van der Waals surface area contributed by atoms with Crippen molar-refractivity contribution < 1.29 is 44.9 Å². The Labute approximate surface area is 398 Å². The lowest BCUT2D eigenvalue weighted by Gasteiger charge is -2.40. The van der Waals surface area contributed by atoms with E-state index in [0.717, 1.165) is 32.1 Å². The normalized spacial score (nSPS) is 20.6. The van der Waals surface area contributed by atoms with Gasteiger partial charge in [0.15, 0.2) is 6.29 Å². The first kappa shape index (κ1) is 61.4. The lowest BCUT2D eigenvalue weighted by molar-refractivity contribution is -0.302. The third kappa shape index (κ3) is 34.3. The summed E-state index contributed by atoms with van der Waals surface area (Å²) in [5.41, 5.74) is 0. The zero-order valence-electron chi connectivity index (χ0n) is 41.9. The lowest BCUT2D eigenvalue weighted by Crippen LogP contribution is -2.60. The molecule has 0 bridgehead atoms. The second kappa shape index (κ2) is 44.9. The van der Waals surface area contributed by atoms with Crippen molar-refractivity contribution in [3.63, 3.8) is 0 Å². The van der Waals surface area contributed by atoms with Crippen LogP contribution in [0.1, 0.15) is 245 Å². The molecule has 0 aromatic carbocycles. The highest BCUT2D eigenvalue weighted by Crippen LogP contribution is 2.23. The lowest BCUT2D eigenvalue weighted by atomic mass is 9.99. The Kier molecular flexibility index (Phi) is 42.4. The molecule has 1 amide bonds. The maximum absolute atomic E-state index is 13.1. The minimum Gasteiger partial charge on any atom is -0.394 e. The van der Waals surface area contributed by atoms with Crippen molar-refractivity contribution in [2.45, 2.75) is 294 Å². The standard InChI is InChI=1S/C55H103NO9/c1-3-5-7-9-11-13-15-17-19-21-22-23-24-25-26-27-28-30-32-34-36-38-40-42-44-49(59)54(63)56-47(46-64-55-53(62)52(61)51(60)50(45-57)65-55)48(58)43-41-39-37-35-33-31-29-20-18-16-14-12-10-8-6-4-2/h25-26,33,35,41,43,47-53,55,57-62H,3-24,27-32,34,36-40,42,44-46H2,1-2H3,(H,56,63)/b26-25-,35-33+,43-41+. The summed E-state index contributed by atoms with van der Waals surface area (Å²) >= 11 is 0. The van der Waals surface area contributed by atoms with Gasteiger partial charge in [-0.2, -0.15) is 0 Å². The maximum Gasteiger partial charge on any atom is 0.249 e. The van der Waals surface area contributed by atoms with Gasteiger partial charge in [0.1, 0.15) is 30.5 Å². The van der Waals surface area contributed by atoms with Gasteiger partial charge in [0.2, 0.25) is 5.91 Å². The summed E-state index contributed by atoms with van der Waals surface area (Å²) in [5.74, 6) is -0.627. The van der Waals surface area contributed by atoms with Gasteiger partial charge in [-0.3, -0.25) is 4.79 Å². The van der Waals surface area contributed by atoms with Crippen LogP contribution < -0.4 is 5.32 Å². The molecule has 0 aliphatic carbocycles. The number of nitrogens with one attached hydrogen (secondary N) is 1. The molecule has 1 aliphatic heterocycles. The first-order valence-corrected chi connectivity index (χ1v) is 27.3. The molecule has 10 nitrogen and oxygen atoms in total. The predicted molar refractivity (Wildman–Crippen MR) is 269 cm³/mol. The number of ether oxygens (including phenoxy) is 2. The molecule has 0 aromatic rings. The van der Waals surface area contributed by atoms with Crippen LogP contribution in [-0.4, -0.2) is 98.7 Å². The van der Waals surface area contributed by atoms with E-state index in [4.69, 9.17) is 9.47 Å². The topological polar surface area (TPSA) is 169 Å². The molecular formula is C55H103NO9. The second-order valence-electron chi connectivity index (χ2n) is 19.2. The first-order chi connectivity index (χ1) is 31.8. The van der Waals surface area contributed by atoms with Gasteiger partial charge in [-0.15, -0.1) is 0 Å². The van der Waals surface area contributed by atoms with Gasteiger partial charge < -0.3 is 45.4 Å². The first-order valence-electron chi connectivity index (χ1n) is 27.3. The number of unbranched alkanes of at least 4 members (excludes halogenated alkanes) is 31. The molecular weight excluding hydrogens is 819 g/mol. The van der Waals surface area contributed by atoms with E-state index in [2.05, 4.69) is 43.5 Å². The third-order valence-electron chi connectivity index (χ3n) is 13.0. The van der Waals surface area contributed by atoms with Gasteiger partial charge in [-0.25, -0.2) is 0 Å². The average Bonchev–Trinajstić information content (AvgIpc) is 3.31. The Balaban J connectivity index is 2.31. The van der Waals surface area contributed by atoms with Crippen LogP contribution in [0, 0.1) is 0 Å². The molecule has 10 heteroatoms. The van der Waals surface area contributed by atoms with E-state index >= 15 is 0 Å². The number of hydrogen-bond acceptors (Lipinski definition) is 9. The van der Waals surface area contributed by atoms with Crippen LogP contribution in [0.2, 0.25) is 0 Å². The minimum atomic E-state index is -1.62. The van der Waals surface area contributed by atoms with Crippen LogP contribution in [0.25, 0.3) is 0 Å². The number of carbonyl (C=O) groups is 1. The Morgan fingerprint density at radius 1 is 0.523 bits per heavy atom. The van der Waals surface area contributed by atoms with E-state index in [1.807, 2.05) is 6.08 Å². The SMILES string of the molecule is CCCCCCCCCCCC/C=C/CC/C=C/C(O)C(COC1OC(CO)C(O)C(O)C1O)NC(=O)C(O)CCCCCCCCCC/C=C\CCCCCCCCCCCCCC. The Morgan fingerprint density at radius 3 is 1.34 bits per heavy atom. The van der Waals surface area contributed by atoms with E-state index in [1.165, 1.54) is 180 Å². The van der Waals surface area contributed by atoms with Crippen molar-refractivity contribution in [1.29, 1.82) is 0 Å². The summed E-state index contributed by atoms with van der Waals surface area (Å²) in [4.78, 5) is 13.1. The summed E-state index contributed by atoms with van der Waals surface area (Å²) < 4.78 is 11.2. The van der Waals surface area contributed by atoms with Crippen molar-refractivity contribution in [1.82, 2.24) is 5.32 Å². The molecule has 7 N–H and O–H groups in total. The number of rotatable bonds is 46. The monoisotopic (exact) mass is 922 g/mol. The van der Waals surface area contributed by atoms with Crippen LogP contribution in [0.5, 0.6) is 0 Å². The van der Waals surface area contributed by atoms with Gasteiger partial charge in [-0.1, -0.05) is 224 Å². The summed E-state index contributed by atoms with van der Waals surface area (Å²) in [6, 6.07) is -0.998. The summed E-state index contributed by atoms with van der Waals surface area (Å²) in [6.45, 7) is 3.61. The van der Waals surface area contributed by atoms with E-state index in [9.17, 15) is 35.4 Å². The fraction of sp³-hybridized carbons (Fsp3) is 0.873. The molecule has 65 heavy (non-hydrogen) atoms. The molecule has 8 unspecified atom stereocenters. The molecule has 382 valence electrons. The van der Waals surface area contributed by atoms with E-state index in [-0.39, 0.29) is 6.61 Å². The number of amides is 1. The Bertz CT molecular complexity index is 1130. The molecule has 0 aromatic heterocycles. The molecule has 0 saturated carbocycles. The van der Waals surface area contributed by atoms with Crippen molar-refractivity contribution >= 4 is 5.91 Å². The van der Waals surface area contributed by atoms with Crippen molar-refractivity contribution in [2.24, 2.45) is 0 Å². The highest BCUT2D eigenvalue weighted by Gasteiger charge is 2.44. The van der Waals surface area contributed by atoms with Crippen molar-refractivity contribution in [3.05, 3.63) is 36.5 Å². The number of allylic oxidation sites excluding steroid dienone is 5. The van der Waals surface area contributed by atoms with Gasteiger partial charge in [-0.05, 0) is 57.8 Å². The zero-order chi connectivity index (χ0) is 47.4. The van der Waals surface area contributed by atoms with Gasteiger partial charge in [0, 0.05) is 0 Å². The molecule has 1 rings (SSSR count). The zero-order valence-corrected chi connectivity index (χ0v) is 41.9. The van der Waals surface area contributed by atoms with Crippen LogP contribution in [0.4, 0.5) is 0 Å². The van der Waals surface area contributed by atoms with E-state index < -0.39 is 61.5 Å². The molecule has 1 aliphatic rings. The number of aliphatic hydroxyl groups is 6. The fourth-order valence-corrected chi connectivity index (χ4v) is 8.59. The smallest absolute Gasteiger partial charge is 0.249 e. The number of hydrogen-bond donors (Lipinski definition) is 7. The average molecular weight is 922 g/mol. The Hall–Kier alpha value is -1.63. The van der Waals surface area contributed by atoms with Crippen molar-refractivity contribution in [3.8, 4) is 0 Å². The van der Waals surface area contributed by atoms with Gasteiger partial charge in [0.05, 0.1) is 25.4 Å². The second-order valence-corrected chi connectivity index (χ2v) is 19.2. The quantitative estimate of drug-likeness (QED) is 0.0232. The highest BCUT2D eigenvalue weighted by atomic mass is 16.7. The number of carbonyl (C=O) groups excluding carboxylic acids is 1. The van der Waals surface area contributed by atoms with Crippen molar-refractivity contribution in [2.75, 3.05) is 13.2 Å². The Morgan fingerprint density at radius 2 is 0.908 bits per heavy atom. The van der Waals surface area contributed by atoms with Crippen LogP contribution in [0.3, 0.4) is 0 Å². The van der Waals surface area contributed by atoms with Crippen LogP contribution in [-0.2, 0) is 14.3 Å². The summed E-state index contributed by atoms with van der Waals surface area (Å²) in [7, 11) is 0. The molecule has 0 radical (unpaired) electrons. The minimum absolute atomic E-state index is 0.301.